The van der Waals surface area contributed by atoms with E-state index in [2.05, 4.69) is 5.32 Å². The van der Waals surface area contributed by atoms with Crippen LogP contribution in [0.25, 0.3) is 0 Å². The van der Waals surface area contributed by atoms with Crippen LogP contribution in [0.5, 0.6) is 11.5 Å². The van der Waals surface area contributed by atoms with Crippen LogP contribution in [0.4, 0.5) is 10.1 Å². The van der Waals surface area contributed by atoms with Crippen molar-refractivity contribution in [3.8, 4) is 11.5 Å². The second-order valence-corrected chi connectivity index (χ2v) is 6.44. The van der Waals surface area contributed by atoms with Crippen LogP contribution in [0.15, 0.2) is 42.5 Å². The number of anilines is 1. The Balaban J connectivity index is 1.61. The van der Waals surface area contributed by atoms with Gasteiger partial charge >= 0.3 is 0 Å². The number of hydrogen-bond acceptors (Lipinski definition) is 4. The second kappa shape index (κ2) is 8.73. The summed E-state index contributed by atoms with van der Waals surface area (Å²) in [7, 11) is 1.57. The maximum absolute atomic E-state index is 13.1. The highest BCUT2D eigenvalue weighted by Gasteiger charge is 2.37. The van der Waals surface area contributed by atoms with E-state index < -0.39 is 5.92 Å². The smallest absolute Gasteiger partial charge is 0.239 e. The lowest BCUT2D eigenvalue weighted by Gasteiger charge is -2.17. The lowest BCUT2D eigenvalue weighted by atomic mass is 10.1. The number of halogens is 1. The predicted molar refractivity (Wildman–Crippen MR) is 103 cm³/mol. The summed E-state index contributed by atoms with van der Waals surface area (Å²) in [5.74, 6) is -0.462. The van der Waals surface area contributed by atoms with Crippen LogP contribution in [0.2, 0.25) is 0 Å². The summed E-state index contributed by atoms with van der Waals surface area (Å²) in [4.78, 5) is 26.6. The fourth-order valence-electron chi connectivity index (χ4n) is 3.21. The van der Waals surface area contributed by atoms with Crippen LogP contribution in [0.3, 0.4) is 0 Å². The van der Waals surface area contributed by atoms with Gasteiger partial charge in [0.25, 0.3) is 0 Å². The van der Waals surface area contributed by atoms with E-state index in [9.17, 15) is 14.0 Å². The molecule has 0 aromatic heterocycles. The van der Waals surface area contributed by atoms with Crippen molar-refractivity contribution in [3.05, 3.63) is 53.8 Å². The molecule has 0 bridgehead atoms. The van der Waals surface area contributed by atoms with E-state index in [1.165, 1.54) is 17.0 Å². The Kier molecular flexibility index (Phi) is 6.13. The van der Waals surface area contributed by atoms with Gasteiger partial charge in [-0.05, 0) is 55.3 Å². The lowest BCUT2D eigenvalue weighted by molar-refractivity contribution is -0.132. The fourth-order valence-corrected chi connectivity index (χ4v) is 3.21. The van der Waals surface area contributed by atoms with Crippen LogP contribution in [-0.4, -0.2) is 32.1 Å². The summed E-state index contributed by atoms with van der Waals surface area (Å²) >= 11 is 0. The van der Waals surface area contributed by atoms with Crippen LogP contribution >= 0.6 is 0 Å². The van der Waals surface area contributed by atoms with Crippen LogP contribution < -0.4 is 19.7 Å². The van der Waals surface area contributed by atoms with Crippen molar-refractivity contribution in [2.75, 3.05) is 25.2 Å². The molecule has 1 atom stereocenters. The zero-order chi connectivity index (χ0) is 20.1. The highest BCUT2D eigenvalue weighted by atomic mass is 19.1. The van der Waals surface area contributed by atoms with Crippen LogP contribution in [0, 0.1) is 11.7 Å². The van der Waals surface area contributed by atoms with E-state index in [-0.39, 0.29) is 24.2 Å². The molecular weight excluding hydrogens is 363 g/mol. The standard InChI is InChI=1S/C21H23FN2O4/c1-3-28-19-12-14(4-9-18(19)27-2)13-23-20(25)17-10-11-24(21(17)26)16-7-5-15(22)6-8-16/h4-9,12,17H,3,10-11,13H2,1-2H3,(H,23,25)/t17-/m0/s1. The van der Waals surface area contributed by atoms with Crippen molar-refractivity contribution >= 4 is 17.5 Å². The Morgan fingerprint density at radius 1 is 1.21 bits per heavy atom. The minimum absolute atomic E-state index is 0.270. The second-order valence-electron chi connectivity index (χ2n) is 6.44. The summed E-state index contributed by atoms with van der Waals surface area (Å²) in [5.41, 5.74) is 1.44. The van der Waals surface area contributed by atoms with Crippen molar-refractivity contribution < 1.29 is 23.5 Å². The van der Waals surface area contributed by atoms with Crippen LogP contribution in [0.1, 0.15) is 18.9 Å². The topological polar surface area (TPSA) is 67.9 Å². The third-order valence-electron chi connectivity index (χ3n) is 4.65. The molecule has 0 saturated carbocycles. The Labute approximate surface area is 163 Å². The van der Waals surface area contributed by atoms with E-state index in [4.69, 9.17) is 9.47 Å². The largest absolute Gasteiger partial charge is 0.493 e. The summed E-state index contributed by atoms with van der Waals surface area (Å²) in [5, 5.41) is 2.82. The van der Waals surface area contributed by atoms with E-state index in [1.807, 2.05) is 19.1 Å². The van der Waals surface area contributed by atoms with Gasteiger partial charge in [-0.15, -0.1) is 0 Å². The predicted octanol–water partition coefficient (Wildman–Crippen LogP) is 2.90. The molecule has 1 N–H and O–H groups in total. The molecule has 0 aliphatic carbocycles. The monoisotopic (exact) mass is 386 g/mol. The number of rotatable bonds is 7. The maximum atomic E-state index is 13.1. The molecular formula is C21H23FN2O4. The summed E-state index contributed by atoms with van der Waals surface area (Å²) in [6, 6.07) is 11.1. The lowest BCUT2D eigenvalue weighted by Crippen LogP contribution is -2.36. The van der Waals surface area contributed by atoms with Crippen molar-refractivity contribution in [3.63, 3.8) is 0 Å². The van der Waals surface area contributed by atoms with Gasteiger partial charge in [0, 0.05) is 18.8 Å². The molecule has 1 heterocycles. The number of ether oxygens (including phenoxy) is 2. The number of benzene rings is 2. The first kappa shape index (κ1) is 19.7. The van der Waals surface area contributed by atoms with E-state index in [1.54, 1.807) is 25.3 Å². The molecule has 6 nitrogen and oxygen atoms in total. The number of hydrogen-bond donors (Lipinski definition) is 1. The maximum Gasteiger partial charge on any atom is 0.239 e. The first-order valence-corrected chi connectivity index (χ1v) is 9.18. The SMILES string of the molecule is CCOc1cc(CNC(=O)[C@@H]2CCN(c3ccc(F)cc3)C2=O)ccc1OC. The zero-order valence-corrected chi connectivity index (χ0v) is 15.9. The number of carbonyl (C=O) groups is 2. The van der Waals surface area contributed by atoms with Gasteiger partial charge in [-0.1, -0.05) is 6.07 Å². The number of amides is 2. The van der Waals surface area contributed by atoms with Crippen molar-refractivity contribution in [2.45, 2.75) is 19.9 Å². The van der Waals surface area contributed by atoms with Gasteiger partial charge < -0.3 is 19.7 Å². The number of methoxy groups -OCH3 is 1. The Bertz CT molecular complexity index is 854. The molecule has 1 aliphatic heterocycles. The molecule has 2 amide bonds. The quantitative estimate of drug-likeness (QED) is 0.743. The van der Waals surface area contributed by atoms with Gasteiger partial charge in [0.05, 0.1) is 13.7 Å². The molecule has 0 radical (unpaired) electrons. The summed E-state index contributed by atoms with van der Waals surface area (Å²) in [6.07, 6.45) is 0.425. The average Bonchev–Trinajstić information content (AvgIpc) is 3.08. The third-order valence-corrected chi connectivity index (χ3v) is 4.65. The van der Waals surface area contributed by atoms with Gasteiger partial charge in [0.1, 0.15) is 11.7 Å². The van der Waals surface area contributed by atoms with Crippen molar-refractivity contribution in [1.82, 2.24) is 5.32 Å². The summed E-state index contributed by atoms with van der Waals surface area (Å²) < 4.78 is 23.9. The number of nitrogens with one attached hydrogen (secondary N) is 1. The first-order valence-electron chi connectivity index (χ1n) is 9.18. The Hall–Kier alpha value is -3.09. The summed E-state index contributed by atoms with van der Waals surface area (Å²) in [6.45, 7) is 3.09. The Morgan fingerprint density at radius 2 is 1.96 bits per heavy atom. The van der Waals surface area contributed by atoms with Crippen LogP contribution in [-0.2, 0) is 16.1 Å². The third kappa shape index (κ3) is 4.24. The molecule has 2 aromatic rings. The van der Waals surface area contributed by atoms with Gasteiger partial charge in [-0.2, -0.15) is 0 Å². The molecule has 2 aromatic carbocycles. The van der Waals surface area contributed by atoms with Gasteiger partial charge in [-0.3, -0.25) is 9.59 Å². The molecule has 148 valence electrons. The molecule has 0 unspecified atom stereocenters. The van der Waals surface area contributed by atoms with Gasteiger partial charge in [-0.25, -0.2) is 4.39 Å². The van der Waals surface area contributed by atoms with E-state index in [0.717, 1.165) is 5.56 Å². The first-order chi connectivity index (χ1) is 13.5. The normalized spacial score (nSPS) is 16.2. The van der Waals surface area contributed by atoms with Gasteiger partial charge in [0.15, 0.2) is 11.5 Å². The van der Waals surface area contributed by atoms with E-state index >= 15 is 0 Å². The highest BCUT2D eigenvalue weighted by Crippen LogP contribution is 2.28. The number of carbonyl (C=O) groups excluding carboxylic acids is 2. The molecule has 1 aliphatic rings. The zero-order valence-electron chi connectivity index (χ0n) is 15.9. The van der Waals surface area contributed by atoms with Crippen molar-refractivity contribution in [2.24, 2.45) is 5.92 Å². The minimum Gasteiger partial charge on any atom is -0.493 e. The Morgan fingerprint density at radius 3 is 2.64 bits per heavy atom. The van der Waals surface area contributed by atoms with Gasteiger partial charge in [0.2, 0.25) is 11.8 Å². The molecule has 28 heavy (non-hydrogen) atoms. The number of nitrogens with zero attached hydrogens (tertiary/aromatic N) is 1. The molecule has 3 rings (SSSR count). The molecule has 1 fully saturated rings. The van der Waals surface area contributed by atoms with E-state index in [0.29, 0.717) is 36.8 Å². The van der Waals surface area contributed by atoms with Crippen molar-refractivity contribution in [1.29, 1.82) is 0 Å². The highest BCUT2D eigenvalue weighted by molar-refractivity contribution is 6.09. The minimum atomic E-state index is -0.741. The average molecular weight is 386 g/mol. The molecule has 0 spiro atoms. The molecule has 1 saturated heterocycles. The molecule has 7 heteroatoms. The fraction of sp³-hybridized carbons (Fsp3) is 0.333.